The van der Waals surface area contributed by atoms with Gasteiger partial charge in [0.25, 0.3) is 0 Å². The first kappa shape index (κ1) is 29.4. The number of nitrogens with zero attached hydrogens (tertiary/aromatic N) is 3. The molecule has 6 rings (SSSR count). The first-order valence-corrected chi connectivity index (χ1v) is 14.4. The molecule has 2 atom stereocenters. The molecule has 8 nitrogen and oxygen atoms in total. The number of carbonyl (C=O) groups is 1. The number of rotatable bonds is 7. The number of hydrogen-bond acceptors (Lipinski definition) is 7. The van der Waals surface area contributed by atoms with Crippen molar-refractivity contribution in [2.24, 2.45) is 5.41 Å². The maximum Gasteiger partial charge on any atom is 0.429 e. The van der Waals surface area contributed by atoms with Crippen molar-refractivity contribution in [2.45, 2.75) is 37.6 Å². The van der Waals surface area contributed by atoms with Crippen LogP contribution in [0.25, 0.3) is 22.3 Å². The van der Waals surface area contributed by atoms with Crippen LogP contribution in [0.15, 0.2) is 84.9 Å². The molecule has 0 radical (unpaired) electrons. The number of ether oxygens (including phenoxy) is 1. The van der Waals surface area contributed by atoms with E-state index in [9.17, 15) is 23.1 Å². The molecule has 0 bridgehead atoms. The first-order valence-electron chi connectivity index (χ1n) is 14.4. The predicted molar refractivity (Wildman–Crippen MR) is 161 cm³/mol. The van der Waals surface area contributed by atoms with Gasteiger partial charge in [-0.3, -0.25) is 4.79 Å². The van der Waals surface area contributed by atoms with Crippen molar-refractivity contribution < 1.29 is 27.8 Å². The smallest absolute Gasteiger partial charge is 0.429 e. The van der Waals surface area contributed by atoms with Crippen LogP contribution in [0.4, 0.5) is 24.9 Å². The van der Waals surface area contributed by atoms with Gasteiger partial charge in [-0.05, 0) is 53.0 Å². The number of piperidine rings is 1. The van der Waals surface area contributed by atoms with Crippen LogP contribution in [0.5, 0.6) is 5.88 Å². The minimum absolute atomic E-state index is 0.0521. The third-order valence-corrected chi connectivity index (χ3v) is 8.58. The molecule has 4 N–H and O–H groups in total. The molecular formula is C33H32F3N5O3. The Morgan fingerprint density at radius 3 is 2.23 bits per heavy atom. The third-order valence-electron chi connectivity index (χ3n) is 8.58. The highest BCUT2D eigenvalue weighted by atomic mass is 19.4. The standard InChI is InChI=1S/C33H32F3N5O3/c34-33(35,36)29(24-12-11-23(21-7-3-1-4-8-21)17-25(24)22-9-5-2-6-10-22)44-28-18-27(39-31(37)40-28)41-15-13-32(14-16-41)19-26(30(42)43)38-20-32/h1-12,17-18,26,29,38H,13-16,19-20H2,(H,42,43)(H2,37,39,40)/t26-,29?/m0/s1. The number of alkyl halides is 3. The van der Waals surface area contributed by atoms with Crippen LogP contribution in [0.2, 0.25) is 0 Å². The molecule has 0 amide bonds. The Balaban J connectivity index is 1.30. The summed E-state index contributed by atoms with van der Waals surface area (Å²) in [6.45, 7) is 1.70. The Bertz CT molecular complexity index is 1630. The molecule has 4 aromatic rings. The lowest BCUT2D eigenvalue weighted by Crippen LogP contribution is -2.41. The summed E-state index contributed by atoms with van der Waals surface area (Å²) >= 11 is 0. The van der Waals surface area contributed by atoms with Crippen LogP contribution in [0, 0.1) is 5.41 Å². The van der Waals surface area contributed by atoms with E-state index >= 15 is 0 Å². The van der Waals surface area contributed by atoms with E-state index in [1.165, 1.54) is 12.1 Å². The van der Waals surface area contributed by atoms with Crippen LogP contribution in [0.1, 0.15) is 30.9 Å². The zero-order valence-corrected chi connectivity index (χ0v) is 23.8. The number of aliphatic carboxylic acids is 1. The van der Waals surface area contributed by atoms with Crippen molar-refractivity contribution in [3.8, 4) is 28.1 Å². The molecule has 228 valence electrons. The topological polar surface area (TPSA) is 114 Å². The zero-order valence-electron chi connectivity index (χ0n) is 23.8. The quantitative estimate of drug-likeness (QED) is 0.232. The lowest BCUT2D eigenvalue weighted by molar-refractivity contribution is -0.198. The fourth-order valence-corrected chi connectivity index (χ4v) is 6.23. The molecule has 11 heteroatoms. The molecule has 3 heterocycles. The number of carboxylic acid groups (broad SMARTS) is 1. The van der Waals surface area contributed by atoms with Crippen LogP contribution >= 0.6 is 0 Å². The highest BCUT2D eigenvalue weighted by Crippen LogP contribution is 2.44. The molecule has 3 aromatic carbocycles. The number of aromatic nitrogens is 2. The van der Waals surface area contributed by atoms with E-state index in [0.29, 0.717) is 55.8 Å². The molecule has 2 aliphatic heterocycles. The first-order chi connectivity index (χ1) is 21.1. The van der Waals surface area contributed by atoms with E-state index in [1.54, 1.807) is 36.4 Å². The maximum atomic E-state index is 14.8. The van der Waals surface area contributed by atoms with E-state index in [1.807, 2.05) is 41.3 Å². The monoisotopic (exact) mass is 603 g/mol. The lowest BCUT2D eigenvalue weighted by atomic mass is 9.76. The van der Waals surface area contributed by atoms with E-state index in [2.05, 4.69) is 15.3 Å². The van der Waals surface area contributed by atoms with Gasteiger partial charge in [0.15, 0.2) is 0 Å². The van der Waals surface area contributed by atoms with Gasteiger partial charge in [0.05, 0.1) is 0 Å². The number of carboxylic acids is 1. The molecule has 0 aliphatic carbocycles. The van der Waals surface area contributed by atoms with Crippen molar-refractivity contribution >= 4 is 17.7 Å². The highest BCUT2D eigenvalue weighted by Gasteiger charge is 2.46. The second-order valence-corrected chi connectivity index (χ2v) is 11.5. The Kier molecular flexibility index (Phi) is 7.89. The molecule has 1 unspecified atom stereocenters. The molecule has 1 spiro atoms. The Morgan fingerprint density at radius 1 is 0.955 bits per heavy atom. The molecular weight excluding hydrogens is 571 g/mol. The summed E-state index contributed by atoms with van der Waals surface area (Å²) in [4.78, 5) is 21.7. The second kappa shape index (κ2) is 11.8. The van der Waals surface area contributed by atoms with Gasteiger partial charge in [0.2, 0.25) is 17.9 Å². The summed E-state index contributed by atoms with van der Waals surface area (Å²) in [7, 11) is 0. The molecule has 1 aromatic heterocycles. The Morgan fingerprint density at radius 2 is 1.61 bits per heavy atom. The SMILES string of the molecule is Nc1nc(OC(c2ccc(-c3ccccc3)cc2-c2ccccc2)C(F)(F)F)cc(N2CCC3(CC2)CN[C@H](C(=O)O)C3)n1. The van der Waals surface area contributed by atoms with E-state index in [-0.39, 0.29) is 22.8 Å². The van der Waals surface area contributed by atoms with Crippen LogP contribution < -0.4 is 20.7 Å². The van der Waals surface area contributed by atoms with Gasteiger partial charge in [-0.1, -0.05) is 72.8 Å². The maximum absolute atomic E-state index is 14.8. The molecule has 2 fully saturated rings. The van der Waals surface area contributed by atoms with Gasteiger partial charge in [-0.15, -0.1) is 0 Å². The summed E-state index contributed by atoms with van der Waals surface area (Å²) in [5.41, 5.74) is 8.45. The second-order valence-electron chi connectivity index (χ2n) is 11.5. The summed E-state index contributed by atoms with van der Waals surface area (Å²) in [6, 6.07) is 24.0. The van der Waals surface area contributed by atoms with Gasteiger partial charge in [0.1, 0.15) is 11.9 Å². The normalized spacial score (nSPS) is 18.7. The van der Waals surface area contributed by atoms with Crippen molar-refractivity contribution in [3.05, 3.63) is 90.5 Å². The number of nitrogens with two attached hydrogens (primary N) is 1. The van der Waals surface area contributed by atoms with Crippen molar-refractivity contribution in [1.82, 2.24) is 15.3 Å². The van der Waals surface area contributed by atoms with Crippen LogP contribution in [0.3, 0.4) is 0 Å². The summed E-state index contributed by atoms with van der Waals surface area (Å²) < 4.78 is 50.0. The fraction of sp³-hybridized carbons (Fsp3) is 0.303. The molecule has 2 saturated heterocycles. The highest BCUT2D eigenvalue weighted by molar-refractivity contribution is 5.76. The summed E-state index contributed by atoms with van der Waals surface area (Å²) in [5, 5.41) is 12.5. The molecule has 44 heavy (non-hydrogen) atoms. The largest absolute Gasteiger partial charge is 0.480 e. The minimum atomic E-state index is -4.77. The predicted octanol–water partition coefficient (Wildman–Crippen LogP) is 6.11. The Labute approximate surface area is 252 Å². The number of halogens is 3. The van der Waals surface area contributed by atoms with Gasteiger partial charge < -0.3 is 25.8 Å². The average Bonchev–Trinajstić information content (AvgIpc) is 3.44. The van der Waals surface area contributed by atoms with Crippen molar-refractivity contribution in [1.29, 1.82) is 0 Å². The number of benzene rings is 3. The molecule has 2 aliphatic rings. The number of nitrogens with one attached hydrogen (secondary N) is 1. The van der Waals surface area contributed by atoms with E-state index < -0.39 is 24.3 Å². The van der Waals surface area contributed by atoms with Crippen molar-refractivity contribution in [2.75, 3.05) is 30.3 Å². The van der Waals surface area contributed by atoms with Crippen molar-refractivity contribution in [3.63, 3.8) is 0 Å². The average molecular weight is 604 g/mol. The number of nitrogen functional groups attached to an aromatic ring is 1. The van der Waals surface area contributed by atoms with Crippen LogP contribution in [-0.2, 0) is 4.79 Å². The van der Waals surface area contributed by atoms with Gasteiger partial charge in [0, 0.05) is 31.3 Å². The van der Waals surface area contributed by atoms with Gasteiger partial charge >= 0.3 is 12.1 Å². The summed E-state index contributed by atoms with van der Waals surface area (Å²) in [6.07, 6.45) is -5.14. The van der Waals surface area contributed by atoms with Crippen LogP contribution in [-0.4, -0.2) is 52.9 Å². The van der Waals surface area contributed by atoms with Gasteiger partial charge in [-0.2, -0.15) is 23.1 Å². The third kappa shape index (κ3) is 6.19. The van der Waals surface area contributed by atoms with Gasteiger partial charge in [-0.25, -0.2) is 0 Å². The lowest BCUT2D eigenvalue weighted by Gasteiger charge is -2.39. The fourth-order valence-electron chi connectivity index (χ4n) is 6.23. The van der Waals surface area contributed by atoms with E-state index in [0.717, 1.165) is 11.1 Å². The number of anilines is 2. The summed E-state index contributed by atoms with van der Waals surface area (Å²) in [5.74, 6) is -0.977. The minimum Gasteiger partial charge on any atom is -0.480 e. The Hall–Kier alpha value is -4.64. The zero-order chi connectivity index (χ0) is 30.9. The van der Waals surface area contributed by atoms with E-state index in [4.69, 9.17) is 10.5 Å². The number of hydrogen-bond donors (Lipinski definition) is 3. The molecule has 0 saturated carbocycles.